The molecule has 0 bridgehead atoms. The van der Waals surface area contributed by atoms with Gasteiger partial charge in [-0.1, -0.05) is 0 Å². The minimum absolute atomic E-state index is 0. The Bertz CT molecular complexity index is 176. The summed E-state index contributed by atoms with van der Waals surface area (Å²) in [5, 5.41) is 0. The van der Waals surface area contributed by atoms with E-state index in [-0.39, 0.29) is 17.1 Å². The smallest absolute Gasteiger partial charge is 0.330 e. The summed E-state index contributed by atoms with van der Waals surface area (Å²) >= 11 is 0. The molecule has 0 heterocycles. The first-order valence-electron chi connectivity index (χ1n) is 3.13. The fraction of sp³-hybridized carbons (Fsp3) is 0.429. The first-order valence-corrected chi connectivity index (χ1v) is 3.13. The molecule has 0 radical (unpaired) electrons. The van der Waals surface area contributed by atoms with Crippen LogP contribution in [-0.4, -0.2) is 25.7 Å². The average molecular weight is 214 g/mol. The van der Waals surface area contributed by atoms with Crippen LogP contribution in [0.15, 0.2) is 12.2 Å². The number of hydrogen-bond donors (Lipinski definition) is 0. The molecule has 0 unspecified atom stereocenters. The summed E-state index contributed by atoms with van der Waals surface area (Å²) in [5.74, 6) is -1.11. The number of methoxy groups -OCH3 is 1. The molecule has 0 aliphatic carbocycles. The SMILES string of the molecule is CCOC(=O)/C=C/C(=O)OC.[Fe]. The molecule has 0 aliphatic heterocycles. The summed E-state index contributed by atoms with van der Waals surface area (Å²) in [6.07, 6.45) is 2.04. The number of carbonyl (C=O) groups is 2. The molecule has 0 saturated carbocycles. The predicted molar refractivity (Wildman–Crippen MR) is 37.8 cm³/mol. The molecular weight excluding hydrogens is 204 g/mol. The summed E-state index contributed by atoms with van der Waals surface area (Å²) in [5.41, 5.74) is 0. The first kappa shape index (κ1) is 13.8. The topological polar surface area (TPSA) is 52.6 Å². The van der Waals surface area contributed by atoms with E-state index in [1.807, 2.05) is 0 Å². The van der Waals surface area contributed by atoms with Gasteiger partial charge in [0.25, 0.3) is 0 Å². The van der Waals surface area contributed by atoms with Gasteiger partial charge in [-0.15, -0.1) is 0 Å². The van der Waals surface area contributed by atoms with Crippen molar-refractivity contribution in [3.05, 3.63) is 12.2 Å². The van der Waals surface area contributed by atoms with Gasteiger partial charge in [-0.05, 0) is 6.92 Å². The second kappa shape index (κ2) is 8.30. The van der Waals surface area contributed by atoms with E-state index in [2.05, 4.69) is 9.47 Å². The van der Waals surface area contributed by atoms with Crippen molar-refractivity contribution in [3.63, 3.8) is 0 Å². The zero-order valence-electron chi connectivity index (χ0n) is 6.85. The van der Waals surface area contributed by atoms with E-state index in [4.69, 9.17) is 0 Å². The van der Waals surface area contributed by atoms with Gasteiger partial charge in [-0.2, -0.15) is 0 Å². The molecule has 0 aromatic heterocycles. The zero-order valence-corrected chi connectivity index (χ0v) is 7.95. The number of hydrogen-bond acceptors (Lipinski definition) is 4. The molecule has 0 N–H and O–H groups in total. The predicted octanol–water partition coefficient (Wildman–Crippen LogP) is 0.276. The van der Waals surface area contributed by atoms with Crippen LogP contribution in [0.2, 0.25) is 0 Å². The van der Waals surface area contributed by atoms with Gasteiger partial charge in [0.1, 0.15) is 0 Å². The number of esters is 2. The molecule has 0 saturated heterocycles. The Morgan fingerprint density at radius 2 is 1.75 bits per heavy atom. The van der Waals surface area contributed by atoms with Crippen LogP contribution in [0.5, 0.6) is 0 Å². The maximum absolute atomic E-state index is 10.5. The van der Waals surface area contributed by atoms with Crippen LogP contribution in [0.25, 0.3) is 0 Å². The van der Waals surface area contributed by atoms with Crippen molar-refractivity contribution in [3.8, 4) is 0 Å². The second-order valence-corrected chi connectivity index (χ2v) is 1.61. The van der Waals surface area contributed by atoms with Crippen LogP contribution in [-0.2, 0) is 36.1 Å². The molecule has 12 heavy (non-hydrogen) atoms. The molecule has 0 atom stereocenters. The van der Waals surface area contributed by atoms with Gasteiger partial charge in [0, 0.05) is 29.2 Å². The van der Waals surface area contributed by atoms with E-state index in [1.165, 1.54) is 7.11 Å². The molecule has 4 nitrogen and oxygen atoms in total. The summed E-state index contributed by atoms with van der Waals surface area (Å²) in [6, 6.07) is 0. The Morgan fingerprint density at radius 3 is 2.17 bits per heavy atom. The van der Waals surface area contributed by atoms with Crippen LogP contribution >= 0.6 is 0 Å². The van der Waals surface area contributed by atoms with Crippen molar-refractivity contribution in [1.29, 1.82) is 0 Å². The zero-order chi connectivity index (χ0) is 8.69. The number of rotatable bonds is 3. The molecule has 5 heteroatoms. The van der Waals surface area contributed by atoms with Gasteiger partial charge in [-0.3, -0.25) is 0 Å². The van der Waals surface area contributed by atoms with Crippen LogP contribution in [0, 0.1) is 0 Å². The fourth-order valence-corrected chi connectivity index (χ4v) is 0.394. The van der Waals surface area contributed by atoms with Crippen molar-refractivity contribution in [2.75, 3.05) is 13.7 Å². The van der Waals surface area contributed by atoms with Gasteiger partial charge < -0.3 is 9.47 Å². The molecule has 70 valence electrons. The van der Waals surface area contributed by atoms with Crippen LogP contribution < -0.4 is 0 Å². The van der Waals surface area contributed by atoms with Crippen molar-refractivity contribution in [1.82, 2.24) is 0 Å². The van der Waals surface area contributed by atoms with Crippen molar-refractivity contribution < 1.29 is 36.1 Å². The quantitative estimate of drug-likeness (QED) is 0.384. The summed E-state index contributed by atoms with van der Waals surface area (Å²) in [6.45, 7) is 1.98. The van der Waals surface area contributed by atoms with Crippen molar-refractivity contribution in [2.45, 2.75) is 6.92 Å². The second-order valence-electron chi connectivity index (χ2n) is 1.61. The Kier molecular flexibility index (Phi) is 9.52. The first-order chi connectivity index (χ1) is 5.20. The maximum Gasteiger partial charge on any atom is 0.330 e. The van der Waals surface area contributed by atoms with Gasteiger partial charge in [0.15, 0.2) is 0 Å². The Balaban J connectivity index is 0. The van der Waals surface area contributed by atoms with Crippen molar-refractivity contribution in [2.24, 2.45) is 0 Å². The molecular formula is C7H10FeO4. The normalized spacial score (nSPS) is 8.83. The Labute approximate surface area is 81.4 Å². The maximum atomic E-state index is 10.5. The van der Waals surface area contributed by atoms with Gasteiger partial charge in [-0.25, -0.2) is 9.59 Å². The van der Waals surface area contributed by atoms with Crippen LogP contribution in [0.4, 0.5) is 0 Å². The molecule has 0 spiro atoms. The molecule has 0 rings (SSSR count). The van der Waals surface area contributed by atoms with E-state index in [9.17, 15) is 9.59 Å². The molecule has 0 aromatic rings. The fourth-order valence-electron chi connectivity index (χ4n) is 0.394. The van der Waals surface area contributed by atoms with Gasteiger partial charge in [0.05, 0.1) is 13.7 Å². The molecule has 0 fully saturated rings. The third-order valence-electron chi connectivity index (χ3n) is 0.843. The average Bonchev–Trinajstić information content (AvgIpc) is 2.01. The molecule has 0 aliphatic rings. The minimum atomic E-state index is -0.571. The van der Waals surface area contributed by atoms with E-state index < -0.39 is 11.9 Å². The monoisotopic (exact) mass is 214 g/mol. The van der Waals surface area contributed by atoms with E-state index in [0.717, 1.165) is 12.2 Å². The number of carbonyl (C=O) groups excluding carboxylic acids is 2. The van der Waals surface area contributed by atoms with E-state index in [1.54, 1.807) is 6.92 Å². The Morgan fingerprint density at radius 1 is 1.25 bits per heavy atom. The van der Waals surface area contributed by atoms with E-state index >= 15 is 0 Å². The van der Waals surface area contributed by atoms with Crippen LogP contribution in [0.3, 0.4) is 0 Å². The molecule has 0 aromatic carbocycles. The van der Waals surface area contributed by atoms with Crippen molar-refractivity contribution >= 4 is 11.9 Å². The third-order valence-corrected chi connectivity index (χ3v) is 0.843. The van der Waals surface area contributed by atoms with E-state index in [0.29, 0.717) is 6.61 Å². The number of ether oxygens (including phenoxy) is 2. The van der Waals surface area contributed by atoms with Gasteiger partial charge in [0.2, 0.25) is 0 Å². The molecule has 0 amide bonds. The standard InChI is InChI=1S/C7H10O4.Fe/c1-3-11-7(9)5-4-6(8)10-2;/h4-5H,3H2,1-2H3;/b5-4+;. The summed E-state index contributed by atoms with van der Waals surface area (Å²) < 4.78 is 8.75. The van der Waals surface area contributed by atoms with Crippen LogP contribution in [0.1, 0.15) is 6.92 Å². The minimum Gasteiger partial charge on any atom is -0.466 e. The summed E-state index contributed by atoms with van der Waals surface area (Å²) in [7, 11) is 1.23. The Hall–Kier alpha value is -0.801. The largest absolute Gasteiger partial charge is 0.466 e. The summed E-state index contributed by atoms with van der Waals surface area (Å²) in [4.78, 5) is 21.0. The van der Waals surface area contributed by atoms with Gasteiger partial charge >= 0.3 is 11.9 Å². The third kappa shape index (κ3) is 7.31.